The Balaban J connectivity index is 2.09. The van der Waals surface area contributed by atoms with Gasteiger partial charge in [0.25, 0.3) is 0 Å². The van der Waals surface area contributed by atoms with Gasteiger partial charge in [-0.05, 0) is 35.9 Å². The van der Waals surface area contributed by atoms with Crippen LogP contribution in [-0.4, -0.2) is 38.4 Å². The number of halogens is 2. The summed E-state index contributed by atoms with van der Waals surface area (Å²) in [5, 5.41) is 14.0. The number of benzene rings is 2. The van der Waals surface area contributed by atoms with Crippen molar-refractivity contribution in [3.05, 3.63) is 70.1 Å². The Kier molecular flexibility index (Phi) is 5.99. The standard InChI is InChI=1S/C19H16ClFN2O6S/c1-29-18(25)16-15(9-30(27,28)12-6-7-14(21)13(20)8-12)22-19(26)23-17(16)10-2-4-11(24)5-3-10/h2-8,17,24H,9H2,1H3,(H2,22,23,26)/t17-/m0/s1. The molecule has 2 aromatic rings. The molecule has 2 aromatic carbocycles. The fraction of sp³-hybridized carbons (Fsp3) is 0.158. The Morgan fingerprint density at radius 2 is 1.90 bits per heavy atom. The fourth-order valence-corrected chi connectivity index (χ4v) is 4.54. The van der Waals surface area contributed by atoms with Crippen molar-refractivity contribution in [2.45, 2.75) is 10.9 Å². The van der Waals surface area contributed by atoms with Crippen LogP contribution >= 0.6 is 11.6 Å². The maximum atomic E-state index is 13.4. The number of rotatable bonds is 5. The van der Waals surface area contributed by atoms with Gasteiger partial charge in [0.15, 0.2) is 9.84 Å². The van der Waals surface area contributed by atoms with E-state index in [9.17, 15) is 27.5 Å². The summed E-state index contributed by atoms with van der Waals surface area (Å²) in [7, 11) is -2.99. The lowest BCUT2D eigenvalue weighted by Crippen LogP contribution is -2.47. The van der Waals surface area contributed by atoms with Crippen LogP contribution in [0.2, 0.25) is 5.02 Å². The molecule has 1 atom stereocenters. The van der Waals surface area contributed by atoms with Gasteiger partial charge in [0.1, 0.15) is 11.6 Å². The number of phenolic OH excluding ortho intramolecular Hbond substituents is 1. The molecule has 1 aliphatic heterocycles. The number of hydrogen-bond donors (Lipinski definition) is 3. The number of phenols is 1. The number of aromatic hydroxyl groups is 1. The second-order valence-electron chi connectivity index (χ2n) is 6.34. The van der Waals surface area contributed by atoms with E-state index in [2.05, 4.69) is 10.6 Å². The molecule has 11 heteroatoms. The van der Waals surface area contributed by atoms with Gasteiger partial charge in [-0.1, -0.05) is 23.7 Å². The molecule has 8 nitrogen and oxygen atoms in total. The largest absolute Gasteiger partial charge is 0.508 e. The molecule has 0 aromatic heterocycles. The number of ether oxygens (including phenoxy) is 1. The summed E-state index contributed by atoms with van der Waals surface area (Å²) in [6, 6.07) is 6.80. The molecule has 0 radical (unpaired) electrons. The van der Waals surface area contributed by atoms with E-state index in [4.69, 9.17) is 16.3 Å². The second kappa shape index (κ2) is 8.33. The highest BCUT2D eigenvalue weighted by Crippen LogP contribution is 2.30. The van der Waals surface area contributed by atoms with E-state index in [1.54, 1.807) is 0 Å². The Labute approximate surface area is 176 Å². The quantitative estimate of drug-likeness (QED) is 0.471. The lowest BCUT2D eigenvalue weighted by atomic mass is 9.95. The van der Waals surface area contributed by atoms with Crippen LogP contribution in [0.25, 0.3) is 0 Å². The summed E-state index contributed by atoms with van der Waals surface area (Å²) in [6.45, 7) is 0. The molecule has 0 bridgehead atoms. The number of sulfone groups is 1. The van der Waals surface area contributed by atoms with Gasteiger partial charge in [0.05, 0.1) is 34.4 Å². The van der Waals surface area contributed by atoms with Crippen LogP contribution in [0.3, 0.4) is 0 Å². The maximum absolute atomic E-state index is 13.4. The smallest absolute Gasteiger partial charge is 0.338 e. The average Bonchev–Trinajstić information content (AvgIpc) is 2.69. The van der Waals surface area contributed by atoms with Crippen LogP contribution in [0.1, 0.15) is 11.6 Å². The highest BCUT2D eigenvalue weighted by Gasteiger charge is 2.35. The summed E-state index contributed by atoms with van der Waals surface area (Å²) < 4.78 is 43.9. The van der Waals surface area contributed by atoms with Gasteiger partial charge in [-0.25, -0.2) is 22.4 Å². The first kappa shape index (κ1) is 21.6. The van der Waals surface area contributed by atoms with Crippen molar-refractivity contribution in [1.82, 2.24) is 10.6 Å². The molecule has 2 amide bonds. The van der Waals surface area contributed by atoms with Gasteiger partial charge in [-0.15, -0.1) is 0 Å². The van der Waals surface area contributed by atoms with E-state index in [-0.39, 0.29) is 26.9 Å². The van der Waals surface area contributed by atoms with E-state index in [0.29, 0.717) is 5.56 Å². The van der Waals surface area contributed by atoms with Crippen molar-refractivity contribution in [2.24, 2.45) is 0 Å². The van der Waals surface area contributed by atoms with Gasteiger partial charge in [0, 0.05) is 5.70 Å². The topological polar surface area (TPSA) is 122 Å². The van der Waals surface area contributed by atoms with Crippen molar-refractivity contribution >= 4 is 33.4 Å². The Morgan fingerprint density at radius 1 is 1.23 bits per heavy atom. The molecular weight excluding hydrogens is 439 g/mol. The number of carbonyl (C=O) groups is 2. The minimum atomic E-state index is -4.11. The van der Waals surface area contributed by atoms with Gasteiger partial charge in [-0.3, -0.25) is 0 Å². The first-order valence-corrected chi connectivity index (χ1v) is 10.5. The van der Waals surface area contributed by atoms with Gasteiger partial charge in [-0.2, -0.15) is 0 Å². The molecule has 0 aliphatic carbocycles. The van der Waals surface area contributed by atoms with Crippen molar-refractivity contribution in [1.29, 1.82) is 0 Å². The monoisotopic (exact) mass is 454 g/mol. The SMILES string of the molecule is COC(=O)C1=C(CS(=O)(=O)c2ccc(F)c(Cl)c2)NC(=O)N[C@H]1c1ccc(O)cc1. The van der Waals surface area contributed by atoms with Crippen LogP contribution in [0.4, 0.5) is 9.18 Å². The third-order valence-corrected chi connectivity index (χ3v) is 6.30. The van der Waals surface area contributed by atoms with E-state index in [0.717, 1.165) is 25.3 Å². The molecule has 1 aliphatic rings. The van der Waals surface area contributed by atoms with Gasteiger partial charge >= 0.3 is 12.0 Å². The number of esters is 1. The molecule has 0 saturated carbocycles. The number of carbonyl (C=O) groups excluding carboxylic acids is 2. The van der Waals surface area contributed by atoms with Crippen LogP contribution in [0.5, 0.6) is 5.75 Å². The predicted octanol–water partition coefficient (Wildman–Crippen LogP) is 2.44. The van der Waals surface area contributed by atoms with E-state index in [1.165, 1.54) is 24.3 Å². The highest BCUT2D eigenvalue weighted by atomic mass is 35.5. The number of hydrogen-bond acceptors (Lipinski definition) is 6. The third-order valence-electron chi connectivity index (χ3n) is 4.37. The molecular formula is C19H16ClFN2O6S. The fourth-order valence-electron chi connectivity index (χ4n) is 2.94. The summed E-state index contributed by atoms with van der Waals surface area (Å²) in [4.78, 5) is 24.4. The summed E-state index contributed by atoms with van der Waals surface area (Å²) in [5.41, 5.74) is 0.103. The Bertz CT molecular complexity index is 1150. The summed E-state index contributed by atoms with van der Waals surface area (Å²) in [6.07, 6.45) is 0. The molecule has 1 heterocycles. The Morgan fingerprint density at radius 3 is 2.50 bits per heavy atom. The van der Waals surface area contributed by atoms with Crippen LogP contribution in [-0.2, 0) is 19.4 Å². The first-order chi connectivity index (χ1) is 14.1. The molecule has 158 valence electrons. The van der Waals surface area contributed by atoms with Crippen molar-refractivity contribution in [2.75, 3.05) is 12.9 Å². The molecule has 3 N–H and O–H groups in total. The normalized spacial score (nSPS) is 16.6. The van der Waals surface area contributed by atoms with Crippen molar-refractivity contribution in [3.63, 3.8) is 0 Å². The second-order valence-corrected chi connectivity index (χ2v) is 8.74. The number of methoxy groups -OCH3 is 1. The first-order valence-electron chi connectivity index (χ1n) is 8.48. The van der Waals surface area contributed by atoms with E-state index in [1.807, 2.05) is 0 Å². The molecule has 0 saturated heterocycles. The van der Waals surface area contributed by atoms with E-state index < -0.39 is 39.4 Å². The maximum Gasteiger partial charge on any atom is 0.338 e. The third kappa shape index (κ3) is 4.39. The van der Waals surface area contributed by atoms with E-state index >= 15 is 0 Å². The van der Waals surface area contributed by atoms with Crippen molar-refractivity contribution in [3.8, 4) is 5.75 Å². The zero-order chi connectivity index (χ0) is 22.1. The number of amides is 2. The lowest BCUT2D eigenvalue weighted by molar-refractivity contribution is -0.136. The number of urea groups is 1. The average molecular weight is 455 g/mol. The Hall–Kier alpha value is -3.11. The number of nitrogens with one attached hydrogen (secondary N) is 2. The zero-order valence-corrected chi connectivity index (χ0v) is 17.1. The summed E-state index contributed by atoms with van der Waals surface area (Å²) in [5.74, 6) is -2.43. The summed E-state index contributed by atoms with van der Waals surface area (Å²) >= 11 is 5.68. The van der Waals surface area contributed by atoms with Crippen LogP contribution in [0.15, 0.2) is 58.6 Å². The van der Waals surface area contributed by atoms with Crippen LogP contribution < -0.4 is 10.6 Å². The van der Waals surface area contributed by atoms with Gasteiger partial charge < -0.3 is 20.5 Å². The van der Waals surface area contributed by atoms with Crippen LogP contribution in [0, 0.1) is 5.82 Å². The molecule has 3 rings (SSSR count). The lowest BCUT2D eigenvalue weighted by Gasteiger charge is -2.29. The predicted molar refractivity (Wildman–Crippen MR) is 105 cm³/mol. The molecule has 30 heavy (non-hydrogen) atoms. The zero-order valence-electron chi connectivity index (χ0n) is 15.5. The minimum absolute atomic E-state index is 0.0291. The van der Waals surface area contributed by atoms with Crippen molar-refractivity contribution < 1.29 is 32.2 Å². The van der Waals surface area contributed by atoms with Gasteiger partial charge in [0.2, 0.25) is 0 Å². The molecule has 0 unspecified atom stereocenters. The molecule has 0 fully saturated rings. The minimum Gasteiger partial charge on any atom is -0.508 e. The highest BCUT2D eigenvalue weighted by molar-refractivity contribution is 7.91. The molecule has 0 spiro atoms.